The predicted octanol–water partition coefficient (Wildman–Crippen LogP) is 3.75. The molecule has 0 unspecified atom stereocenters. The Morgan fingerprint density at radius 2 is 2.04 bits per heavy atom. The number of benzene rings is 1. The molecule has 0 spiro atoms. The Labute approximate surface area is 144 Å². The SMILES string of the molecule is Cc1nc(-c2ccc(Cl)cc2)sc1[C@H](C)NCc1cnn(C)n1. The van der Waals surface area contributed by atoms with Gasteiger partial charge in [-0.3, -0.25) is 0 Å². The number of thiazole rings is 1. The summed E-state index contributed by atoms with van der Waals surface area (Å²) in [5.41, 5.74) is 3.08. The van der Waals surface area contributed by atoms with Gasteiger partial charge in [-0.05, 0) is 26.0 Å². The van der Waals surface area contributed by atoms with Crippen molar-refractivity contribution in [3.63, 3.8) is 0 Å². The number of hydrogen-bond donors (Lipinski definition) is 1. The van der Waals surface area contributed by atoms with Crippen molar-refractivity contribution in [2.75, 3.05) is 0 Å². The predicted molar refractivity (Wildman–Crippen MR) is 93.6 cm³/mol. The van der Waals surface area contributed by atoms with Crippen LogP contribution in [0.4, 0.5) is 0 Å². The van der Waals surface area contributed by atoms with Gasteiger partial charge in [-0.15, -0.1) is 11.3 Å². The van der Waals surface area contributed by atoms with Crippen molar-refractivity contribution in [3.05, 3.63) is 51.7 Å². The van der Waals surface area contributed by atoms with Crippen LogP contribution in [0.1, 0.15) is 29.2 Å². The molecule has 120 valence electrons. The first-order valence-corrected chi connectivity index (χ1v) is 8.54. The molecule has 1 aromatic carbocycles. The third-order valence-electron chi connectivity index (χ3n) is 3.55. The number of rotatable bonds is 5. The largest absolute Gasteiger partial charge is 0.304 e. The molecular weight excluding hydrogens is 330 g/mol. The first kappa shape index (κ1) is 16.1. The lowest BCUT2D eigenvalue weighted by atomic mass is 10.2. The van der Waals surface area contributed by atoms with Crippen LogP contribution in [-0.4, -0.2) is 20.0 Å². The quantitative estimate of drug-likeness (QED) is 0.763. The maximum absolute atomic E-state index is 5.95. The van der Waals surface area contributed by atoms with Gasteiger partial charge in [-0.2, -0.15) is 15.0 Å². The Morgan fingerprint density at radius 1 is 1.30 bits per heavy atom. The highest BCUT2D eigenvalue weighted by molar-refractivity contribution is 7.15. The van der Waals surface area contributed by atoms with Gasteiger partial charge in [-0.25, -0.2) is 4.98 Å². The third-order valence-corrected chi connectivity index (χ3v) is 5.19. The van der Waals surface area contributed by atoms with Gasteiger partial charge in [0.15, 0.2) is 0 Å². The second kappa shape index (κ2) is 6.78. The minimum atomic E-state index is 0.204. The molecule has 0 saturated heterocycles. The van der Waals surface area contributed by atoms with E-state index in [1.54, 1.807) is 22.3 Å². The van der Waals surface area contributed by atoms with Crippen molar-refractivity contribution in [2.24, 2.45) is 7.05 Å². The summed E-state index contributed by atoms with van der Waals surface area (Å²) >= 11 is 7.66. The Morgan fingerprint density at radius 3 is 2.70 bits per heavy atom. The molecule has 0 fully saturated rings. The average Bonchev–Trinajstić information content (AvgIpc) is 3.11. The van der Waals surface area contributed by atoms with E-state index in [0.29, 0.717) is 6.54 Å². The van der Waals surface area contributed by atoms with E-state index >= 15 is 0 Å². The van der Waals surface area contributed by atoms with Crippen LogP contribution < -0.4 is 5.32 Å². The van der Waals surface area contributed by atoms with Crippen molar-refractivity contribution in [3.8, 4) is 10.6 Å². The maximum atomic E-state index is 5.95. The van der Waals surface area contributed by atoms with Crippen molar-refractivity contribution < 1.29 is 0 Å². The molecule has 7 heteroatoms. The molecular formula is C16H18ClN5S. The fraction of sp³-hybridized carbons (Fsp3) is 0.312. The lowest BCUT2D eigenvalue weighted by Crippen LogP contribution is -2.18. The van der Waals surface area contributed by atoms with Crippen molar-refractivity contribution >= 4 is 22.9 Å². The van der Waals surface area contributed by atoms with Gasteiger partial charge in [0, 0.05) is 35.1 Å². The summed E-state index contributed by atoms with van der Waals surface area (Å²) in [4.78, 5) is 7.50. The summed E-state index contributed by atoms with van der Waals surface area (Å²) in [5, 5.41) is 13.6. The molecule has 23 heavy (non-hydrogen) atoms. The van der Waals surface area contributed by atoms with Crippen LogP contribution in [0.2, 0.25) is 5.02 Å². The molecule has 0 aliphatic rings. The van der Waals surface area contributed by atoms with E-state index in [1.165, 1.54) is 4.88 Å². The standard InChI is InChI=1S/C16H18ClN5S/c1-10(18-8-14-9-19-22(3)21-14)15-11(2)20-16(23-15)12-4-6-13(17)7-5-12/h4-7,9-10,18H,8H2,1-3H3/t10-/m0/s1. The van der Waals surface area contributed by atoms with Crippen LogP contribution in [0.3, 0.4) is 0 Å². The molecule has 3 rings (SSSR count). The van der Waals surface area contributed by atoms with Crippen molar-refractivity contribution in [2.45, 2.75) is 26.4 Å². The minimum absolute atomic E-state index is 0.204. The van der Waals surface area contributed by atoms with E-state index in [0.717, 1.165) is 27.0 Å². The molecule has 2 heterocycles. The average molecular weight is 348 g/mol. The topological polar surface area (TPSA) is 55.6 Å². The van der Waals surface area contributed by atoms with Gasteiger partial charge in [0.05, 0.1) is 17.6 Å². The lowest BCUT2D eigenvalue weighted by molar-refractivity contribution is 0.562. The fourth-order valence-electron chi connectivity index (χ4n) is 2.34. The van der Waals surface area contributed by atoms with Gasteiger partial charge >= 0.3 is 0 Å². The normalized spacial score (nSPS) is 12.5. The van der Waals surface area contributed by atoms with E-state index < -0.39 is 0 Å². The van der Waals surface area contributed by atoms with E-state index in [1.807, 2.05) is 38.2 Å². The zero-order valence-corrected chi connectivity index (χ0v) is 14.8. The molecule has 3 aromatic rings. The molecule has 0 saturated carbocycles. The molecule has 0 aliphatic carbocycles. The second-order valence-corrected chi connectivity index (χ2v) is 6.87. The first-order chi connectivity index (χ1) is 11.0. The smallest absolute Gasteiger partial charge is 0.123 e. The molecule has 2 aromatic heterocycles. The lowest BCUT2D eigenvalue weighted by Gasteiger charge is -2.11. The molecule has 5 nitrogen and oxygen atoms in total. The molecule has 0 radical (unpaired) electrons. The Balaban J connectivity index is 1.73. The number of halogens is 1. The molecule has 0 amide bonds. The summed E-state index contributed by atoms with van der Waals surface area (Å²) in [6.45, 7) is 4.87. The van der Waals surface area contributed by atoms with Crippen molar-refractivity contribution in [1.29, 1.82) is 0 Å². The van der Waals surface area contributed by atoms with Gasteiger partial charge in [-0.1, -0.05) is 23.7 Å². The van der Waals surface area contributed by atoms with Crippen molar-refractivity contribution in [1.82, 2.24) is 25.3 Å². The molecule has 1 atom stereocenters. The minimum Gasteiger partial charge on any atom is -0.304 e. The number of nitrogens with zero attached hydrogens (tertiary/aromatic N) is 4. The summed E-state index contributed by atoms with van der Waals surface area (Å²) in [7, 11) is 1.82. The maximum Gasteiger partial charge on any atom is 0.123 e. The summed E-state index contributed by atoms with van der Waals surface area (Å²) in [5.74, 6) is 0. The Kier molecular flexibility index (Phi) is 4.75. The Hall–Kier alpha value is -1.76. The monoisotopic (exact) mass is 347 g/mol. The number of aryl methyl sites for hydroxylation is 2. The van der Waals surface area contributed by atoms with Crippen LogP contribution in [0, 0.1) is 6.92 Å². The van der Waals surface area contributed by atoms with E-state index in [9.17, 15) is 0 Å². The number of aromatic nitrogens is 4. The van der Waals surface area contributed by atoms with E-state index in [-0.39, 0.29) is 6.04 Å². The van der Waals surface area contributed by atoms with Gasteiger partial charge in [0.25, 0.3) is 0 Å². The Bertz CT molecular complexity index is 793. The zero-order chi connectivity index (χ0) is 16.4. The third kappa shape index (κ3) is 3.77. The second-order valence-electron chi connectivity index (χ2n) is 5.40. The van der Waals surface area contributed by atoms with Crippen LogP contribution >= 0.6 is 22.9 Å². The highest BCUT2D eigenvalue weighted by Gasteiger charge is 2.15. The van der Waals surface area contributed by atoms with E-state index in [4.69, 9.17) is 16.6 Å². The highest BCUT2D eigenvalue weighted by atomic mass is 35.5. The number of nitrogens with one attached hydrogen (secondary N) is 1. The number of hydrogen-bond acceptors (Lipinski definition) is 5. The molecule has 1 N–H and O–H groups in total. The zero-order valence-electron chi connectivity index (χ0n) is 13.2. The van der Waals surface area contributed by atoms with Gasteiger partial charge < -0.3 is 5.32 Å². The van der Waals surface area contributed by atoms with Gasteiger partial charge in [0.2, 0.25) is 0 Å². The highest BCUT2D eigenvalue weighted by Crippen LogP contribution is 2.32. The first-order valence-electron chi connectivity index (χ1n) is 7.35. The summed E-state index contributed by atoms with van der Waals surface area (Å²) < 4.78 is 0. The summed E-state index contributed by atoms with van der Waals surface area (Å²) in [6, 6.07) is 7.99. The van der Waals surface area contributed by atoms with Crippen LogP contribution in [0.15, 0.2) is 30.5 Å². The van der Waals surface area contributed by atoms with E-state index in [2.05, 4.69) is 22.4 Å². The molecule has 0 aliphatic heterocycles. The summed E-state index contributed by atoms with van der Waals surface area (Å²) in [6.07, 6.45) is 1.78. The molecule has 0 bridgehead atoms. The van der Waals surface area contributed by atoms with Crippen LogP contribution in [-0.2, 0) is 13.6 Å². The van der Waals surface area contributed by atoms with Crippen LogP contribution in [0.25, 0.3) is 10.6 Å². The fourth-order valence-corrected chi connectivity index (χ4v) is 3.57. The van der Waals surface area contributed by atoms with Crippen LogP contribution in [0.5, 0.6) is 0 Å². The van der Waals surface area contributed by atoms with Gasteiger partial charge in [0.1, 0.15) is 5.01 Å².